The van der Waals surface area contributed by atoms with E-state index in [0.717, 1.165) is 0 Å². The Bertz CT molecular complexity index is 721. The number of carbonyl (C=O) groups excluding carboxylic acids is 1. The van der Waals surface area contributed by atoms with Crippen molar-refractivity contribution in [2.24, 2.45) is 0 Å². The first kappa shape index (κ1) is 17.0. The van der Waals surface area contributed by atoms with Gasteiger partial charge in [-0.25, -0.2) is 8.42 Å². The van der Waals surface area contributed by atoms with E-state index in [9.17, 15) is 13.2 Å². The van der Waals surface area contributed by atoms with Crippen LogP contribution in [0.3, 0.4) is 0 Å². The Morgan fingerprint density at radius 1 is 1.25 bits per heavy atom. The van der Waals surface area contributed by atoms with Crippen molar-refractivity contribution in [1.29, 1.82) is 0 Å². The predicted molar refractivity (Wildman–Crippen MR) is 85.9 cm³/mol. The number of morpholine rings is 1. The average molecular weight is 356 g/mol. The van der Waals surface area contributed by atoms with Crippen LogP contribution in [0.4, 0.5) is 0 Å². The first-order chi connectivity index (χ1) is 11.4. The lowest BCUT2D eigenvalue weighted by molar-refractivity contribution is 0.000436. The van der Waals surface area contributed by atoms with Crippen molar-refractivity contribution in [2.75, 3.05) is 45.7 Å². The minimum atomic E-state index is -3.25. The highest BCUT2D eigenvalue weighted by Gasteiger charge is 2.27. The molecule has 0 radical (unpaired) electrons. The van der Waals surface area contributed by atoms with E-state index in [4.69, 9.17) is 14.2 Å². The molecule has 1 fully saturated rings. The van der Waals surface area contributed by atoms with E-state index in [1.54, 1.807) is 18.2 Å². The van der Waals surface area contributed by atoms with Gasteiger partial charge in [0.1, 0.15) is 13.2 Å². The number of ether oxygens (including phenoxy) is 3. The Morgan fingerprint density at radius 3 is 2.75 bits per heavy atom. The SMILES string of the molecule is CS(=O)(=O)N1CCOC(CNC(=O)c2ccc3c(c2)OCCO3)C1. The normalized spacial score (nSPS) is 21.3. The summed E-state index contributed by atoms with van der Waals surface area (Å²) in [5.41, 5.74) is 0.454. The molecule has 2 aliphatic heterocycles. The Hall–Kier alpha value is -1.84. The van der Waals surface area contributed by atoms with Gasteiger partial charge in [-0.3, -0.25) is 4.79 Å². The monoisotopic (exact) mass is 356 g/mol. The highest BCUT2D eigenvalue weighted by molar-refractivity contribution is 7.88. The van der Waals surface area contributed by atoms with Crippen molar-refractivity contribution in [3.8, 4) is 11.5 Å². The standard InChI is InChI=1S/C15H20N2O6S/c1-24(19,20)17-4-5-21-12(10-17)9-16-15(18)11-2-3-13-14(8-11)23-7-6-22-13/h2-3,8,12H,4-7,9-10H2,1H3,(H,16,18). The fraction of sp³-hybridized carbons (Fsp3) is 0.533. The maximum absolute atomic E-state index is 12.3. The van der Waals surface area contributed by atoms with Crippen molar-refractivity contribution in [1.82, 2.24) is 9.62 Å². The van der Waals surface area contributed by atoms with Crippen molar-refractivity contribution in [3.05, 3.63) is 23.8 Å². The van der Waals surface area contributed by atoms with Gasteiger partial charge in [0.25, 0.3) is 5.91 Å². The Labute approximate surface area is 140 Å². The van der Waals surface area contributed by atoms with Gasteiger partial charge >= 0.3 is 0 Å². The van der Waals surface area contributed by atoms with Gasteiger partial charge in [-0.2, -0.15) is 4.31 Å². The molecule has 24 heavy (non-hydrogen) atoms. The largest absolute Gasteiger partial charge is 0.486 e. The second-order valence-electron chi connectivity index (χ2n) is 5.68. The zero-order chi connectivity index (χ0) is 17.2. The van der Waals surface area contributed by atoms with Crippen LogP contribution in [0.2, 0.25) is 0 Å². The molecule has 1 atom stereocenters. The highest BCUT2D eigenvalue weighted by atomic mass is 32.2. The zero-order valence-corrected chi connectivity index (χ0v) is 14.2. The minimum absolute atomic E-state index is 0.235. The third-order valence-electron chi connectivity index (χ3n) is 3.87. The number of amides is 1. The number of hydrogen-bond donors (Lipinski definition) is 1. The van der Waals surface area contributed by atoms with Crippen LogP contribution in [0.25, 0.3) is 0 Å². The summed E-state index contributed by atoms with van der Waals surface area (Å²) in [6, 6.07) is 4.99. The van der Waals surface area contributed by atoms with Gasteiger partial charge in [-0.05, 0) is 18.2 Å². The Kier molecular flexibility index (Phi) is 4.93. The van der Waals surface area contributed by atoms with Gasteiger partial charge in [0.15, 0.2) is 11.5 Å². The Balaban J connectivity index is 1.57. The quantitative estimate of drug-likeness (QED) is 0.806. The van der Waals surface area contributed by atoms with Gasteiger partial charge in [0, 0.05) is 25.2 Å². The number of carbonyl (C=O) groups is 1. The molecule has 8 nitrogen and oxygen atoms in total. The molecule has 0 bridgehead atoms. The maximum atomic E-state index is 12.3. The van der Waals surface area contributed by atoms with Crippen molar-refractivity contribution in [2.45, 2.75) is 6.10 Å². The van der Waals surface area contributed by atoms with E-state index in [-0.39, 0.29) is 25.1 Å². The zero-order valence-electron chi connectivity index (χ0n) is 13.4. The molecule has 1 amide bonds. The number of fused-ring (bicyclic) bond motifs is 1. The molecule has 0 spiro atoms. The number of nitrogens with one attached hydrogen (secondary N) is 1. The molecule has 1 aromatic carbocycles. The summed E-state index contributed by atoms with van der Waals surface area (Å²) in [5, 5.41) is 2.77. The molecule has 132 valence electrons. The molecule has 0 aliphatic carbocycles. The molecule has 9 heteroatoms. The van der Waals surface area contributed by atoms with Gasteiger partial charge in [-0.15, -0.1) is 0 Å². The van der Waals surface area contributed by atoms with Crippen molar-refractivity contribution in [3.63, 3.8) is 0 Å². The molecule has 2 heterocycles. The summed E-state index contributed by atoms with van der Waals surface area (Å²) in [7, 11) is -3.25. The molecule has 1 aromatic rings. The van der Waals surface area contributed by atoms with Crippen LogP contribution in [0, 0.1) is 0 Å². The van der Waals surface area contributed by atoms with Crippen LogP contribution in [0.15, 0.2) is 18.2 Å². The third kappa shape index (κ3) is 3.97. The summed E-state index contributed by atoms with van der Waals surface area (Å²) < 4.78 is 40.9. The van der Waals surface area contributed by atoms with E-state index in [0.29, 0.717) is 43.4 Å². The topological polar surface area (TPSA) is 94.2 Å². The second kappa shape index (κ2) is 6.96. The summed E-state index contributed by atoms with van der Waals surface area (Å²) in [5.74, 6) is 0.898. The van der Waals surface area contributed by atoms with E-state index < -0.39 is 10.0 Å². The van der Waals surface area contributed by atoms with Gasteiger partial charge in [-0.1, -0.05) is 0 Å². The fourth-order valence-electron chi connectivity index (χ4n) is 2.61. The number of hydrogen-bond acceptors (Lipinski definition) is 6. The van der Waals surface area contributed by atoms with Crippen LogP contribution in [0.5, 0.6) is 11.5 Å². The van der Waals surface area contributed by atoms with Gasteiger partial charge in [0.05, 0.1) is 19.0 Å². The van der Waals surface area contributed by atoms with Crippen molar-refractivity contribution >= 4 is 15.9 Å². The first-order valence-electron chi connectivity index (χ1n) is 7.68. The summed E-state index contributed by atoms with van der Waals surface area (Å²) in [6.45, 7) is 2.08. The summed E-state index contributed by atoms with van der Waals surface area (Å²) in [6.07, 6.45) is 0.804. The number of nitrogens with zero attached hydrogens (tertiary/aromatic N) is 1. The van der Waals surface area contributed by atoms with E-state index in [1.807, 2.05) is 0 Å². The van der Waals surface area contributed by atoms with Gasteiger partial charge < -0.3 is 19.5 Å². The molecular weight excluding hydrogens is 336 g/mol. The third-order valence-corrected chi connectivity index (χ3v) is 5.13. The fourth-order valence-corrected chi connectivity index (χ4v) is 3.45. The van der Waals surface area contributed by atoms with E-state index in [2.05, 4.69) is 5.32 Å². The molecule has 3 rings (SSSR count). The average Bonchev–Trinajstić information content (AvgIpc) is 2.59. The Morgan fingerprint density at radius 2 is 2.00 bits per heavy atom. The minimum Gasteiger partial charge on any atom is -0.486 e. The second-order valence-corrected chi connectivity index (χ2v) is 7.66. The number of sulfonamides is 1. The molecule has 0 aromatic heterocycles. The lowest BCUT2D eigenvalue weighted by Crippen LogP contribution is -2.49. The smallest absolute Gasteiger partial charge is 0.251 e. The van der Waals surface area contributed by atoms with Crippen LogP contribution in [-0.4, -0.2) is 70.4 Å². The molecule has 1 N–H and O–H groups in total. The molecule has 1 unspecified atom stereocenters. The molecule has 0 saturated carbocycles. The number of rotatable bonds is 4. The van der Waals surface area contributed by atoms with E-state index >= 15 is 0 Å². The van der Waals surface area contributed by atoms with Gasteiger partial charge in [0.2, 0.25) is 10.0 Å². The first-order valence-corrected chi connectivity index (χ1v) is 9.53. The molecule has 1 saturated heterocycles. The van der Waals surface area contributed by atoms with Crippen LogP contribution in [0.1, 0.15) is 10.4 Å². The summed E-state index contributed by atoms with van der Waals surface area (Å²) >= 11 is 0. The van der Waals surface area contributed by atoms with Crippen LogP contribution >= 0.6 is 0 Å². The molecular formula is C15H20N2O6S. The predicted octanol–water partition coefficient (Wildman–Crippen LogP) is -0.152. The maximum Gasteiger partial charge on any atom is 0.251 e. The van der Waals surface area contributed by atoms with Crippen LogP contribution in [-0.2, 0) is 14.8 Å². The summed E-state index contributed by atoms with van der Waals surface area (Å²) in [4.78, 5) is 12.3. The lowest BCUT2D eigenvalue weighted by Gasteiger charge is -2.31. The van der Waals surface area contributed by atoms with E-state index in [1.165, 1.54) is 10.6 Å². The van der Waals surface area contributed by atoms with Crippen molar-refractivity contribution < 1.29 is 27.4 Å². The lowest BCUT2D eigenvalue weighted by atomic mass is 10.1. The van der Waals surface area contributed by atoms with Crippen LogP contribution < -0.4 is 14.8 Å². The highest BCUT2D eigenvalue weighted by Crippen LogP contribution is 2.30. The molecule has 2 aliphatic rings. The number of benzene rings is 1.